The van der Waals surface area contributed by atoms with Crippen LogP contribution in [0.25, 0.3) is 11.0 Å². The Morgan fingerprint density at radius 3 is 2.57 bits per heavy atom. The summed E-state index contributed by atoms with van der Waals surface area (Å²) in [5, 5.41) is 15.0. The summed E-state index contributed by atoms with van der Waals surface area (Å²) < 4.78 is 28.7. The molecule has 2 fully saturated rings. The van der Waals surface area contributed by atoms with Gasteiger partial charge in [-0.05, 0) is 32.6 Å². The number of hydrogen-bond donors (Lipinski definition) is 1. The number of nitrogens with one attached hydrogen (secondary N) is 1. The molecule has 0 amide bonds. The SMILES string of the molecule is Cc1nnc([C@H]2CC[C@H]2c2nc3c(cnn3C3CCC(F)(F)CC3)c(=O)[nH]2)s1. The van der Waals surface area contributed by atoms with Gasteiger partial charge in [-0.3, -0.25) is 4.79 Å². The van der Waals surface area contributed by atoms with Crippen molar-refractivity contribution in [3.8, 4) is 0 Å². The van der Waals surface area contributed by atoms with Crippen LogP contribution in [0.4, 0.5) is 8.78 Å². The largest absolute Gasteiger partial charge is 0.310 e. The first-order chi connectivity index (χ1) is 13.4. The topological polar surface area (TPSA) is 89.3 Å². The Balaban J connectivity index is 1.49. The van der Waals surface area contributed by atoms with Crippen LogP contribution in [-0.2, 0) is 0 Å². The number of hydrogen-bond acceptors (Lipinski definition) is 6. The van der Waals surface area contributed by atoms with Crippen molar-refractivity contribution in [2.24, 2.45) is 0 Å². The standard InChI is InChI=1S/C18H20F2N6OS/c1-9-24-25-17(28-9)12-3-2-11(12)14-22-15-13(16(27)23-14)8-21-26(15)10-4-6-18(19,20)7-5-10/h8,10-12H,2-7H2,1H3,(H,22,23,27)/t11-,12+/m1/s1. The normalized spacial score (nSPS) is 25.1. The highest BCUT2D eigenvalue weighted by atomic mass is 32.1. The van der Waals surface area contributed by atoms with E-state index in [0.717, 1.165) is 22.9 Å². The van der Waals surface area contributed by atoms with Crippen LogP contribution in [0.1, 0.15) is 72.2 Å². The van der Waals surface area contributed by atoms with Crippen molar-refractivity contribution in [2.75, 3.05) is 0 Å². The van der Waals surface area contributed by atoms with Gasteiger partial charge in [0.15, 0.2) is 5.65 Å². The minimum absolute atomic E-state index is 0.0866. The van der Waals surface area contributed by atoms with Crippen molar-refractivity contribution in [3.05, 3.63) is 32.4 Å². The van der Waals surface area contributed by atoms with E-state index in [1.165, 1.54) is 6.20 Å². The fourth-order valence-electron chi connectivity index (χ4n) is 4.25. The number of H-pyrrole nitrogens is 1. The van der Waals surface area contributed by atoms with Crippen molar-refractivity contribution in [1.82, 2.24) is 29.9 Å². The molecule has 0 aliphatic heterocycles. The lowest BCUT2D eigenvalue weighted by atomic mass is 9.73. The van der Waals surface area contributed by atoms with E-state index in [2.05, 4.69) is 20.3 Å². The summed E-state index contributed by atoms with van der Waals surface area (Å²) in [5.74, 6) is -1.68. The number of alkyl halides is 2. The third-order valence-electron chi connectivity index (χ3n) is 6.00. The number of halogens is 2. The van der Waals surface area contributed by atoms with Gasteiger partial charge in [0.1, 0.15) is 21.2 Å². The zero-order valence-corrected chi connectivity index (χ0v) is 16.2. The van der Waals surface area contributed by atoms with E-state index >= 15 is 0 Å². The number of fused-ring (bicyclic) bond motifs is 1. The Hall–Kier alpha value is -2.23. The summed E-state index contributed by atoms with van der Waals surface area (Å²) >= 11 is 1.57. The van der Waals surface area contributed by atoms with Crippen LogP contribution in [0.5, 0.6) is 0 Å². The molecule has 0 unspecified atom stereocenters. The molecule has 7 nitrogen and oxygen atoms in total. The number of rotatable bonds is 3. The Bertz CT molecular complexity index is 1080. The van der Waals surface area contributed by atoms with Gasteiger partial charge in [-0.2, -0.15) is 5.10 Å². The van der Waals surface area contributed by atoms with Crippen LogP contribution in [-0.4, -0.2) is 35.9 Å². The minimum atomic E-state index is -2.60. The van der Waals surface area contributed by atoms with E-state index in [0.29, 0.717) is 29.7 Å². The second kappa shape index (κ2) is 6.40. The van der Waals surface area contributed by atoms with E-state index in [9.17, 15) is 13.6 Å². The highest BCUT2D eigenvalue weighted by Gasteiger charge is 2.39. The van der Waals surface area contributed by atoms with Crippen molar-refractivity contribution in [3.63, 3.8) is 0 Å². The lowest BCUT2D eigenvalue weighted by Gasteiger charge is -2.34. The van der Waals surface area contributed by atoms with Gasteiger partial charge in [0.2, 0.25) is 5.92 Å². The number of nitrogens with zero attached hydrogens (tertiary/aromatic N) is 5. The van der Waals surface area contributed by atoms with Crippen LogP contribution in [0.3, 0.4) is 0 Å². The average Bonchev–Trinajstić information content (AvgIpc) is 3.21. The van der Waals surface area contributed by atoms with Crippen molar-refractivity contribution in [2.45, 2.75) is 69.2 Å². The van der Waals surface area contributed by atoms with E-state index in [1.54, 1.807) is 16.0 Å². The van der Waals surface area contributed by atoms with E-state index in [1.807, 2.05) is 6.92 Å². The predicted octanol–water partition coefficient (Wildman–Crippen LogP) is 3.69. The maximum absolute atomic E-state index is 13.5. The molecule has 1 N–H and O–H groups in total. The quantitative estimate of drug-likeness (QED) is 0.717. The first-order valence-electron chi connectivity index (χ1n) is 9.56. The third-order valence-corrected chi connectivity index (χ3v) is 6.97. The van der Waals surface area contributed by atoms with Crippen LogP contribution in [0.2, 0.25) is 0 Å². The van der Waals surface area contributed by atoms with Crippen LogP contribution < -0.4 is 5.56 Å². The van der Waals surface area contributed by atoms with Crippen molar-refractivity contribution >= 4 is 22.4 Å². The van der Waals surface area contributed by atoms with Gasteiger partial charge in [0, 0.05) is 24.7 Å². The van der Waals surface area contributed by atoms with Gasteiger partial charge < -0.3 is 4.98 Å². The van der Waals surface area contributed by atoms with Crippen LogP contribution in [0.15, 0.2) is 11.0 Å². The molecule has 5 rings (SSSR count). The fourth-order valence-corrected chi connectivity index (χ4v) is 5.15. The molecule has 0 spiro atoms. The van der Waals surface area contributed by atoms with Crippen LogP contribution >= 0.6 is 11.3 Å². The Morgan fingerprint density at radius 1 is 1.18 bits per heavy atom. The summed E-state index contributed by atoms with van der Waals surface area (Å²) in [6, 6.07) is -0.151. The molecule has 28 heavy (non-hydrogen) atoms. The lowest BCUT2D eigenvalue weighted by molar-refractivity contribution is -0.0446. The van der Waals surface area contributed by atoms with Gasteiger partial charge >= 0.3 is 0 Å². The molecule has 0 saturated heterocycles. The molecule has 2 aliphatic carbocycles. The van der Waals surface area contributed by atoms with E-state index in [-0.39, 0.29) is 36.3 Å². The molecule has 3 aromatic heterocycles. The molecule has 10 heteroatoms. The highest BCUT2D eigenvalue weighted by molar-refractivity contribution is 7.11. The van der Waals surface area contributed by atoms with Gasteiger partial charge in [-0.25, -0.2) is 18.4 Å². The summed E-state index contributed by atoms with van der Waals surface area (Å²) in [7, 11) is 0. The molecule has 2 atom stereocenters. The first kappa shape index (κ1) is 17.8. The van der Waals surface area contributed by atoms with Gasteiger partial charge in [-0.1, -0.05) is 0 Å². The van der Waals surface area contributed by atoms with Crippen molar-refractivity contribution in [1.29, 1.82) is 0 Å². The van der Waals surface area contributed by atoms with E-state index < -0.39 is 5.92 Å². The molecular formula is C18H20F2N6OS. The maximum atomic E-state index is 13.5. The third kappa shape index (κ3) is 2.94. The molecule has 0 radical (unpaired) electrons. The van der Waals surface area contributed by atoms with Gasteiger partial charge in [0.25, 0.3) is 5.56 Å². The Labute approximate surface area is 163 Å². The lowest BCUT2D eigenvalue weighted by Crippen LogP contribution is -2.28. The Kier molecular flexibility index (Phi) is 4.08. The molecule has 0 aromatic carbocycles. The van der Waals surface area contributed by atoms with Crippen LogP contribution in [0, 0.1) is 6.92 Å². The molecule has 3 aromatic rings. The molecule has 3 heterocycles. The zero-order chi connectivity index (χ0) is 19.5. The maximum Gasteiger partial charge on any atom is 0.262 e. The minimum Gasteiger partial charge on any atom is -0.310 e. The van der Waals surface area contributed by atoms with Crippen molar-refractivity contribution < 1.29 is 8.78 Å². The summed E-state index contributed by atoms with van der Waals surface area (Å²) in [6.07, 6.45) is 3.75. The summed E-state index contributed by atoms with van der Waals surface area (Å²) in [4.78, 5) is 20.2. The molecule has 0 bridgehead atoms. The summed E-state index contributed by atoms with van der Waals surface area (Å²) in [5.41, 5.74) is 0.263. The number of aryl methyl sites for hydroxylation is 1. The second-order valence-corrected chi connectivity index (χ2v) is 9.03. The number of aromatic amines is 1. The molecule has 2 saturated carbocycles. The molecular weight excluding hydrogens is 386 g/mol. The van der Waals surface area contributed by atoms with Gasteiger partial charge in [0.05, 0.1) is 12.2 Å². The zero-order valence-electron chi connectivity index (χ0n) is 15.4. The fraction of sp³-hybridized carbons (Fsp3) is 0.611. The second-order valence-electron chi connectivity index (χ2n) is 7.81. The average molecular weight is 406 g/mol. The smallest absolute Gasteiger partial charge is 0.262 e. The Morgan fingerprint density at radius 2 is 1.93 bits per heavy atom. The molecule has 148 valence electrons. The highest BCUT2D eigenvalue weighted by Crippen LogP contribution is 2.48. The first-order valence-corrected chi connectivity index (χ1v) is 10.4. The number of aromatic nitrogens is 6. The summed E-state index contributed by atoms with van der Waals surface area (Å²) in [6.45, 7) is 1.92. The predicted molar refractivity (Wildman–Crippen MR) is 100.0 cm³/mol. The van der Waals surface area contributed by atoms with Gasteiger partial charge in [-0.15, -0.1) is 21.5 Å². The molecule has 2 aliphatic rings. The van der Waals surface area contributed by atoms with E-state index in [4.69, 9.17) is 4.98 Å². The monoisotopic (exact) mass is 406 g/mol.